The first-order valence-electron chi connectivity index (χ1n) is 33.3. The van der Waals surface area contributed by atoms with Crippen LogP contribution in [0.15, 0.2) is 15.8 Å². The minimum absolute atomic E-state index is 0.0595. The standard InChI is InChI=1S/C65H125N6O6P/c1-6-10-14-18-22-28-36-49-69(50-37-29-23-19-15-11-7-2)53-40-32-26-34-47-66-62(73)45-57-78(77,56-44-61(72)43-42-55-71-59-60(5)64(75)68-65(71)76)58-46-63(74)67-48-35-27-33-41-54-70(51-38-30-24-20-16-12-8-3)52-39-31-25-21-17-13-9-4/h59H,6-58H2,1-5H3,(H,66,73)(H,67,74)(H,68,75,76). The number of aryl methyl sites for hydroxylation is 2. The molecule has 0 spiro atoms. The zero-order valence-corrected chi connectivity index (χ0v) is 52.7. The van der Waals surface area contributed by atoms with Gasteiger partial charge in [0, 0.05) is 75.6 Å². The zero-order chi connectivity index (χ0) is 57.0. The second-order valence-electron chi connectivity index (χ2n) is 23.6. The van der Waals surface area contributed by atoms with Crippen LogP contribution in [0.2, 0.25) is 0 Å². The van der Waals surface area contributed by atoms with Gasteiger partial charge in [0.25, 0.3) is 5.56 Å². The van der Waals surface area contributed by atoms with Crippen LogP contribution in [0.3, 0.4) is 0 Å². The van der Waals surface area contributed by atoms with E-state index in [-0.39, 0.29) is 68.3 Å². The first kappa shape index (κ1) is 73.5. The fourth-order valence-corrected chi connectivity index (χ4v) is 13.3. The summed E-state index contributed by atoms with van der Waals surface area (Å²) in [4.78, 5) is 71.1. The number of rotatable bonds is 59. The summed E-state index contributed by atoms with van der Waals surface area (Å²) in [7, 11) is -3.03. The molecule has 0 aliphatic rings. The molecular formula is C65H125N6O6P. The van der Waals surface area contributed by atoms with Crippen LogP contribution < -0.4 is 21.9 Å². The number of unbranched alkanes of at least 4 members (excludes halogenated alkanes) is 30. The van der Waals surface area contributed by atoms with E-state index in [0.717, 1.165) is 51.6 Å². The average molecular weight is 1120 g/mol. The molecule has 0 aliphatic heterocycles. The van der Waals surface area contributed by atoms with Crippen molar-refractivity contribution in [2.45, 2.75) is 304 Å². The minimum atomic E-state index is -3.03. The van der Waals surface area contributed by atoms with Gasteiger partial charge in [0.1, 0.15) is 5.78 Å². The molecular weight excluding hydrogens is 992 g/mol. The average Bonchev–Trinajstić information content (AvgIpc) is 3.42. The Morgan fingerprint density at radius 3 is 1.09 bits per heavy atom. The van der Waals surface area contributed by atoms with E-state index in [1.54, 1.807) is 6.92 Å². The number of carbonyl (C=O) groups excluding carboxylic acids is 3. The number of hydrogen-bond donors (Lipinski definition) is 3. The van der Waals surface area contributed by atoms with Crippen LogP contribution in [-0.2, 0) is 25.5 Å². The Kier molecular flexibility index (Phi) is 49.5. The molecule has 456 valence electrons. The molecule has 0 aliphatic carbocycles. The van der Waals surface area contributed by atoms with Gasteiger partial charge in [-0.25, -0.2) is 4.79 Å². The fourth-order valence-electron chi connectivity index (χ4n) is 10.7. The van der Waals surface area contributed by atoms with Gasteiger partial charge in [-0.15, -0.1) is 0 Å². The predicted molar refractivity (Wildman–Crippen MR) is 334 cm³/mol. The van der Waals surface area contributed by atoms with Crippen molar-refractivity contribution in [3.8, 4) is 0 Å². The van der Waals surface area contributed by atoms with E-state index in [4.69, 9.17) is 0 Å². The fraction of sp³-hybridized carbons (Fsp3) is 0.892. The van der Waals surface area contributed by atoms with Crippen LogP contribution in [0, 0.1) is 6.92 Å². The number of nitrogens with zero attached hydrogens (tertiary/aromatic N) is 3. The molecule has 0 saturated carbocycles. The van der Waals surface area contributed by atoms with Crippen molar-refractivity contribution >= 4 is 24.7 Å². The summed E-state index contributed by atoms with van der Waals surface area (Å²) < 4.78 is 15.9. The molecule has 1 aromatic heterocycles. The largest absolute Gasteiger partial charge is 0.356 e. The van der Waals surface area contributed by atoms with Crippen LogP contribution in [0.1, 0.15) is 297 Å². The van der Waals surface area contributed by atoms with E-state index >= 15 is 0 Å². The van der Waals surface area contributed by atoms with Crippen molar-refractivity contribution in [1.29, 1.82) is 0 Å². The maximum Gasteiger partial charge on any atom is 0.328 e. The second-order valence-corrected chi connectivity index (χ2v) is 27.0. The van der Waals surface area contributed by atoms with Gasteiger partial charge >= 0.3 is 5.69 Å². The lowest BCUT2D eigenvalue weighted by Gasteiger charge is -2.22. The molecule has 3 N–H and O–H groups in total. The van der Waals surface area contributed by atoms with E-state index in [2.05, 4.69) is 53.1 Å². The van der Waals surface area contributed by atoms with Crippen molar-refractivity contribution in [2.75, 3.05) is 70.8 Å². The van der Waals surface area contributed by atoms with Gasteiger partial charge in [0.15, 0.2) is 0 Å². The smallest absolute Gasteiger partial charge is 0.328 e. The first-order valence-corrected chi connectivity index (χ1v) is 35.6. The lowest BCUT2D eigenvalue weighted by Crippen LogP contribution is -2.30. The van der Waals surface area contributed by atoms with Crippen LogP contribution in [-0.4, -0.2) is 108 Å². The van der Waals surface area contributed by atoms with E-state index in [9.17, 15) is 28.5 Å². The Morgan fingerprint density at radius 2 is 0.744 bits per heavy atom. The van der Waals surface area contributed by atoms with E-state index in [1.807, 2.05) is 0 Å². The van der Waals surface area contributed by atoms with Crippen LogP contribution in [0.25, 0.3) is 0 Å². The number of H-pyrrole nitrogens is 1. The van der Waals surface area contributed by atoms with Crippen LogP contribution in [0.4, 0.5) is 0 Å². The van der Waals surface area contributed by atoms with Crippen molar-refractivity contribution in [3.63, 3.8) is 0 Å². The third-order valence-corrected chi connectivity index (χ3v) is 19.2. The summed E-state index contributed by atoms with van der Waals surface area (Å²) in [5, 5.41) is 6.14. The van der Waals surface area contributed by atoms with E-state index < -0.39 is 18.4 Å². The highest BCUT2D eigenvalue weighted by molar-refractivity contribution is 7.64. The molecule has 12 nitrogen and oxygen atoms in total. The van der Waals surface area contributed by atoms with E-state index in [0.29, 0.717) is 25.1 Å². The van der Waals surface area contributed by atoms with Gasteiger partial charge in [-0.1, -0.05) is 207 Å². The number of aromatic nitrogens is 2. The Morgan fingerprint density at radius 1 is 0.436 bits per heavy atom. The lowest BCUT2D eigenvalue weighted by molar-refractivity contribution is -0.121. The summed E-state index contributed by atoms with van der Waals surface area (Å²) >= 11 is 0. The SMILES string of the molecule is CCCCCCCCCN(CCCCCCCCC)CCCCCCNC(=O)CCP(=O)(CCC(=O)CCCn1cc(C)c(=O)[nH]c1=O)CCC(=O)NCCCCCCN(CCCCCCCCC)CCCCCCCCC. The molecule has 2 amide bonds. The summed E-state index contributed by atoms with van der Waals surface area (Å²) in [5.41, 5.74) is -0.499. The first-order chi connectivity index (χ1) is 38.0. The van der Waals surface area contributed by atoms with Gasteiger partial charge in [-0.05, 0) is 104 Å². The normalized spacial score (nSPS) is 11.8. The third-order valence-electron chi connectivity index (χ3n) is 16.1. The summed E-state index contributed by atoms with van der Waals surface area (Å²) in [6, 6.07) is 0. The summed E-state index contributed by atoms with van der Waals surface area (Å²) in [6.07, 6.45) is 49.1. The Labute approximate surface area is 479 Å². The highest BCUT2D eigenvalue weighted by atomic mass is 31.2. The highest BCUT2D eigenvalue weighted by Crippen LogP contribution is 2.47. The third kappa shape index (κ3) is 44.1. The lowest BCUT2D eigenvalue weighted by atomic mass is 10.1. The summed E-state index contributed by atoms with van der Waals surface area (Å²) in [5.74, 6) is -0.306. The molecule has 0 aromatic carbocycles. The van der Waals surface area contributed by atoms with Gasteiger partial charge in [-0.3, -0.25) is 24.2 Å². The molecule has 1 aromatic rings. The molecule has 0 atom stereocenters. The quantitative estimate of drug-likeness (QED) is 0.0430. The molecule has 0 saturated heterocycles. The maximum atomic E-state index is 14.5. The van der Waals surface area contributed by atoms with Gasteiger partial charge in [0.05, 0.1) is 7.14 Å². The van der Waals surface area contributed by atoms with Crippen molar-refractivity contribution < 1.29 is 18.9 Å². The number of aromatic amines is 1. The molecule has 0 bridgehead atoms. The molecule has 0 fully saturated rings. The number of carbonyl (C=O) groups is 3. The number of nitrogens with one attached hydrogen (secondary N) is 3. The van der Waals surface area contributed by atoms with E-state index in [1.165, 1.54) is 230 Å². The maximum absolute atomic E-state index is 14.5. The Balaban J connectivity index is 2.63. The number of ketones is 1. The summed E-state index contributed by atoms with van der Waals surface area (Å²) in [6.45, 7) is 19.4. The number of amides is 2. The molecule has 13 heteroatoms. The van der Waals surface area contributed by atoms with Gasteiger partial charge in [0.2, 0.25) is 11.8 Å². The Hall–Kier alpha value is -2.56. The van der Waals surface area contributed by atoms with Gasteiger partial charge < -0.3 is 29.6 Å². The number of Topliss-reactive ketones (excluding diaryl/α,β-unsaturated/α-hetero) is 1. The monoisotopic (exact) mass is 1120 g/mol. The minimum Gasteiger partial charge on any atom is -0.356 e. The molecule has 78 heavy (non-hydrogen) atoms. The van der Waals surface area contributed by atoms with Crippen LogP contribution >= 0.6 is 7.14 Å². The van der Waals surface area contributed by atoms with Crippen molar-refractivity contribution in [1.82, 2.24) is 30.0 Å². The molecule has 1 rings (SSSR count). The van der Waals surface area contributed by atoms with Crippen molar-refractivity contribution in [2.24, 2.45) is 0 Å². The number of hydrogen-bond acceptors (Lipinski definition) is 8. The Bertz CT molecular complexity index is 1640. The van der Waals surface area contributed by atoms with Crippen LogP contribution in [0.5, 0.6) is 0 Å². The topological polar surface area (TPSA) is 154 Å². The predicted octanol–water partition coefficient (Wildman–Crippen LogP) is 15.7. The molecule has 1 heterocycles. The molecule has 0 radical (unpaired) electrons. The highest BCUT2D eigenvalue weighted by Gasteiger charge is 2.25. The van der Waals surface area contributed by atoms with Gasteiger partial charge in [-0.2, -0.15) is 0 Å². The molecule has 0 unspecified atom stereocenters. The van der Waals surface area contributed by atoms with Crippen molar-refractivity contribution in [3.05, 3.63) is 32.6 Å². The zero-order valence-electron chi connectivity index (χ0n) is 51.8. The second kappa shape index (κ2) is 52.5.